The molecule has 2 aromatic rings. The maximum absolute atomic E-state index is 5.82. The number of aromatic nitrogens is 1. The zero-order chi connectivity index (χ0) is 12.3. The Balaban J connectivity index is 2.25. The van der Waals surface area contributed by atoms with Gasteiger partial charge in [-0.3, -0.25) is 0 Å². The third-order valence-corrected chi connectivity index (χ3v) is 2.47. The Kier molecular flexibility index (Phi) is 3.35. The van der Waals surface area contributed by atoms with Gasteiger partial charge in [0.05, 0.1) is 12.8 Å². The number of ether oxygens (including phenoxy) is 1. The standard InChI is InChI=1S/C12H12ClN3O/c1-17-11-7-6-10(14)12(16-11)15-9-4-2-8(13)3-5-9/h2-7H,14H2,1H3,(H,15,16). The maximum Gasteiger partial charge on any atom is 0.215 e. The number of benzene rings is 1. The number of nitrogens with two attached hydrogens (primary N) is 1. The lowest BCUT2D eigenvalue weighted by Crippen LogP contribution is -2.00. The van der Waals surface area contributed by atoms with Gasteiger partial charge < -0.3 is 15.8 Å². The van der Waals surface area contributed by atoms with E-state index in [1.54, 1.807) is 31.4 Å². The number of pyridine rings is 1. The lowest BCUT2D eigenvalue weighted by Gasteiger charge is -2.09. The highest BCUT2D eigenvalue weighted by Gasteiger charge is 2.03. The number of nitrogens with zero attached hydrogens (tertiary/aromatic N) is 1. The Hall–Kier alpha value is -1.94. The Bertz CT molecular complexity index is 514. The summed E-state index contributed by atoms with van der Waals surface area (Å²) in [4.78, 5) is 4.22. The van der Waals surface area contributed by atoms with Crippen LogP contribution >= 0.6 is 11.6 Å². The number of methoxy groups -OCH3 is 1. The van der Waals surface area contributed by atoms with E-state index in [0.29, 0.717) is 22.4 Å². The van der Waals surface area contributed by atoms with Crippen LogP contribution in [0.4, 0.5) is 17.2 Å². The molecular formula is C12H12ClN3O. The molecule has 0 spiro atoms. The molecule has 0 atom stereocenters. The molecule has 0 saturated heterocycles. The van der Waals surface area contributed by atoms with E-state index < -0.39 is 0 Å². The molecule has 0 fully saturated rings. The summed E-state index contributed by atoms with van der Waals surface area (Å²) in [5.41, 5.74) is 7.23. The minimum atomic E-state index is 0.510. The van der Waals surface area contributed by atoms with Crippen molar-refractivity contribution in [2.75, 3.05) is 18.2 Å². The van der Waals surface area contributed by atoms with E-state index in [9.17, 15) is 0 Å². The second kappa shape index (κ2) is 4.93. The van der Waals surface area contributed by atoms with Crippen molar-refractivity contribution in [2.45, 2.75) is 0 Å². The summed E-state index contributed by atoms with van der Waals surface area (Å²) in [5, 5.41) is 3.78. The molecule has 3 N–H and O–H groups in total. The monoisotopic (exact) mass is 249 g/mol. The number of hydrogen-bond acceptors (Lipinski definition) is 4. The quantitative estimate of drug-likeness (QED) is 0.878. The van der Waals surface area contributed by atoms with Gasteiger partial charge in [-0.15, -0.1) is 0 Å². The molecule has 0 amide bonds. The zero-order valence-corrected chi connectivity index (χ0v) is 10.0. The van der Waals surface area contributed by atoms with E-state index in [0.717, 1.165) is 5.69 Å². The van der Waals surface area contributed by atoms with Crippen molar-refractivity contribution >= 4 is 28.8 Å². The Labute approximate surface area is 104 Å². The normalized spacial score (nSPS) is 10.0. The van der Waals surface area contributed by atoms with E-state index in [-0.39, 0.29) is 0 Å². The largest absolute Gasteiger partial charge is 0.481 e. The van der Waals surface area contributed by atoms with E-state index in [1.165, 1.54) is 0 Å². The first-order valence-electron chi connectivity index (χ1n) is 5.02. The molecule has 0 saturated carbocycles. The molecule has 1 heterocycles. The SMILES string of the molecule is COc1ccc(N)c(Nc2ccc(Cl)cc2)n1. The minimum Gasteiger partial charge on any atom is -0.481 e. The van der Waals surface area contributed by atoms with Crippen LogP contribution in [-0.4, -0.2) is 12.1 Å². The summed E-state index contributed by atoms with van der Waals surface area (Å²) in [7, 11) is 1.56. The summed E-state index contributed by atoms with van der Waals surface area (Å²) >= 11 is 5.81. The molecule has 88 valence electrons. The van der Waals surface area contributed by atoms with Gasteiger partial charge in [-0.05, 0) is 30.3 Å². The van der Waals surface area contributed by atoms with Gasteiger partial charge in [0.1, 0.15) is 0 Å². The number of hydrogen-bond donors (Lipinski definition) is 2. The van der Waals surface area contributed by atoms with Crippen LogP contribution in [0.25, 0.3) is 0 Å². The third kappa shape index (κ3) is 2.79. The number of anilines is 3. The molecule has 1 aromatic heterocycles. The summed E-state index contributed by atoms with van der Waals surface area (Å²) in [6.45, 7) is 0. The predicted octanol–water partition coefficient (Wildman–Crippen LogP) is 3.07. The van der Waals surface area contributed by atoms with Gasteiger partial charge in [-0.1, -0.05) is 11.6 Å². The van der Waals surface area contributed by atoms with Crippen molar-refractivity contribution in [2.24, 2.45) is 0 Å². The van der Waals surface area contributed by atoms with Crippen molar-refractivity contribution < 1.29 is 4.74 Å². The number of nitrogen functional groups attached to an aromatic ring is 1. The lowest BCUT2D eigenvalue weighted by atomic mass is 10.3. The lowest BCUT2D eigenvalue weighted by molar-refractivity contribution is 0.398. The molecule has 4 nitrogen and oxygen atoms in total. The van der Waals surface area contributed by atoms with Gasteiger partial charge >= 0.3 is 0 Å². The summed E-state index contributed by atoms with van der Waals surface area (Å²) in [6, 6.07) is 10.7. The second-order valence-electron chi connectivity index (χ2n) is 3.42. The predicted molar refractivity (Wildman–Crippen MR) is 69.9 cm³/mol. The van der Waals surface area contributed by atoms with Crippen molar-refractivity contribution in [3.05, 3.63) is 41.4 Å². The zero-order valence-electron chi connectivity index (χ0n) is 9.27. The molecule has 0 aliphatic carbocycles. The summed E-state index contributed by atoms with van der Waals surface area (Å²) in [6.07, 6.45) is 0. The molecule has 0 radical (unpaired) electrons. The van der Waals surface area contributed by atoms with Crippen LogP contribution in [-0.2, 0) is 0 Å². The third-order valence-electron chi connectivity index (χ3n) is 2.22. The highest BCUT2D eigenvalue weighted by molar-refractivity contribution is 6.30. The first-order chi connectivity index (χ1) is 8.19. The Morgan fingerprint density at radius 3 is 2.53 bits per heavy atom. The van der Waals surface area contributed by atoms with Gasteiger partial charge in [0.25, 0.3) is 0 Å². The first-order valence-corrected chi connectivity index (χ1v) is 5.40. The molecular weight excluding hydrogens is 238 g/mol. The van der Waals surface area contributed by atoms with Gasteiger partial charge in [0.15, 0.2) is 5.82 Å². The van der Waals surface area contributed by atoms with Crippen molar-refractivity contribution in [1.29, 1.82) is 0 Å². The number of nitrogens with one attached hydrogen (secondary N) is 1. The van der Waals surface area contributed by atoms with Crippen molar-refractivity contribution in [3.8, 4) is 5.88 Å². The molecule has 0 bridgehead atoms. The fraction of sp³-hybridized carbons (Fsp3) is 0.0833. The smallest absolute Gasteiger partial charge is 0.215 e. The fourth-order valence-electron chi connectivity index (χ4n) is 1.34. The molecule has 0 aliphatic heterocycles. The van der Waals surface area contributed by atoms with Crippen LogP contribution in [0.3, 0.4) is 0 Å². The summed E-state index contributed by atoms with van der Waals surface area (Å²) in [5.74, 6) is 1.07. The highest BCUT2D eigenvalue weighted by atomic mass is 35.5. The average Bonchev–Trinajstić information content (AvgIpc) is 2.35. The van der Waals surface area contributed by atoms with E-state index in [2.05, 4.69) is 10.3 Å². The van der Waals surface area contributed by atoms with Crippen LogP contribution in [0.5, 0.6) is 5.88 Å². The highest BCUT2D eigenvalue weighted by Crippen LogP contribution is 2.24. The van der Waals surface area contributed by atoms with E-state index in [4.69, 9.17) is 22.1 Å². The summed E-state index contributed by atoms with van der Waals surface area (Å²) < 4.78 is 5.04. The molecule has 0 unspecified atom stereocenters. The van der Waals surface area contributed by atoms with E-state index in [1.807, 2.05) is 12.1 Å². The molecule has 0 aliphatic rings. The number of rotatable bonds is 3. The van der Waals surface area contributed by atoms with Crippen LogP contribution in [0.1, 0.15) is 0 Å². The minimum absolute atomic E-state index is 0.510. The van der Waals surface area contributed by atoms with Crippen molar-refractivity contribution in [3.63, 3.8) is 0 Å². The van der Waals surface area contributed by atoms with E-state index >= 15 is 0 Å². The van der Waals surface area contributed by atoms with Gasteiger partial charge in [0.2, 0.25) is 5.88 Å². The second-order valence-corrected chi connectivity index (χ2v) is 3.86. The Morgan fingerprint density at radius 1 is 1.18 bits per heavy atom. The van der Waals surface area contributed by atoms with Gasteiger partial charge in [0, 0.05) is 16.8 Å². The molecule has 2 rings (SSSR count). The first kappa shape index (κ1) is 11.5. The maximum atomic E-state index is 5.82. The van der Waals surface area contributed by atoms with Crippen LogP contribution in [0, 0.1) is 0 Å². The van der Waals surface area contributed by atoms with Crippen molar-refractivity contribution in [1.82, 2.24) is 4.98 Å². The topological polar surface area (TPSA) is 60.2 Å². The van der Waals surface area contributed by atoms with Crippen LogP contribution in [0.2, 0.25) is 5.02 Å². The molecule has 17 heavy (non-hydrogen) atoms. The van der Waals surface area contributed by atoms with Gasteiger partial charge in [-0.2, -0.15) is 4.98 Å². The molecule has 1 aromatic carbocycles. The number of halogens is 1. The van der Waals surface area contributed by atoms with Gasteiger partial charge in [-0.25, -0.2) is 0 Å². The van der Waals surface area contributed by atoms with Crippen LogP contribution < -0.4 is 15.8 Å². The fourth-order valence-corrected chi connectivity index (χ4v) is 1.46. The Morgan fingerprint density at radius 2 is 1.88 bits per heavy atom. The molecule has 5 heteroatoms. The average molecular weight is 250 g/mol. The van der Waals surface area contributed by atoms with Crippen LogP contribution in [0.15, 0.2) is 36.4 Å².